The number of aromatic carboxylic acids is 1. The van der Waals surface area contributed by atoms with Gasteiger partial charge in [0.2, 0.25) is 35.2 Å². The van der Waals surface area contributed by atoms with Crippen LogP contribution in [0, 0.1) is 37.3 Å². The van der Waals surface area contributed by atoms with E-state index >= 15 is 4.39 Å². The van der Waals surface area contributed by atoms with E-state index in [4.69, 9.17) is 19.9 Å². The maximum atomic E-state index is 15.2. The number of pyridine rings is 2. The molecule has 4 heterocycles. The number of anilines is 2. The first-order chi connectivity index (χ1) is 31.6. The Kier molecular flexibility index (Phi) is 16.8. The number of nitrogens with one attached hydrogen (secondary N) is 2. The molecule has 5 N–H and O–H groups in total. The van der Waals surface area contributed by atoms with Crippen molar-refractivity contribution in [3.05, 3.63) is 118 Å². The maximum absolute atomic E-state index is 15.2. The number of carbonyl (C=O) groups excluding carboxylic acids is 3. The number of nitrogens with zero attached hydrogens (tertiary/aromatic N) is 6. The van der Waals surface area contributed by atoms with Crippen molar-refractivity contribution in [3.8, 4) is 22.3 Å². The zero-order valence-electron chi connectivity index (χ0n) is 39.2. The zero-order valence-corrected chi connectivity index (χ0v) is 40.0. The molecule has 6 aromatic rings. The fourth-order valence-corrected chi connectivity index (χ4v) is 6.48. The predicted molar refractivity (Wildman–Crippen MR) is 252 cm³/mol. The van der Waals surface area contributed by atoms with Crippen LogP contribution in [0.3, 0.4) is 0 Å². The van der Waals surface area contributed by atoms with Gasteiger partial charge < -0.3 is 30.5 Å². The highest BCUT2D eigenvalue weighted by molar-refractivity contribution is 5.94. The van der Waals surface area contributed by atoms with Crippen LogP contribution >= 0.6 is 12.4 Å². The molecule has 0 bridgehead atoms. The number of halogens is 3. The number of amides is 2. The molecule has 0 atom stereocenters. The van der Waals surface area contributed by atoms with Gasteiger partial charge in [-0.05, 0) is 109 Å². The number of benzene rings is 2. The summed E-state index contributed by atoms with van der Waals surface area (Å²) >= 11 is 0. The van der Waals surface area contributed by atoms with E-state index in [2.05, 4.69) is 40.9 Å². The predicted octanol–water partition coefficient (Wildman–Crippen LogP) is 9.53. The lowest BCUT2D eigenvalue weighted by molar-refractivity contribution is -0.118. The first-order valence-electron chi connectivity index (χ1n) is 21.9. The quantitative estimate of drug-likeness (QED) is 0.0835. The van der Waals surface area contributed by atoms with E-state index in [9.17, 15) is 23.6 Å². The molecule has 68 heavy (non-hydrogen) atoms. The number of aromatic nitrogens is 6. The molecule has 2 aliphatic rings. The monoisotopic (exact) mass is 955 g/mol. The maximum Gasteiger partial charge on any atom is 0.377 e. The van der Waals surface area contributed by atoms with Crippen LogP contribution in [0.2, 0.25) is 0 Å². The van der Waals surface area contributed by atoms with E-state index in [1.807, 2.05) is 53.7 Å². The number of rotatable bonds is 12. The lowest BCUT2D eigenvalue weighted by atomic mass is 9.96. The second-order valence-electron chi connectivity index (χ2n) is 18.6. The first-order valence-corrected chi connectivity index (χ1v) is 21.9. The summed E-state index contributed by atoms with van der Waals surface area (Å²) in [4.78, 5) is 62.8. The summed E-state index contributed by atoms with van der Waals surface area (Å²) in [7, 11) is 0. The van der Waals surface area contributed by atoms with E-state index in [-0.39, 0.29) is 82.4 Å². The second kappa shape index (κ2) is 21.9. The molecule has 2 saturated carbocycles. The largest absolute Gasteiger partial charge is 0.475 e. The highest BCUT2D eigenvalue weighted by Crippen LogP contribution is 2.33. The van der Waals surface area contributed by atoms with Gasteiger partial charge >= 0.3 is 5.97 Å². The third-order valence-electron chi connectivity index (χ3n) is 11.0. The molecule has 2 aliphatic carbocycles. The molecule has 2 aromatic carbocycles. The van der Waals surface area contributed by atoms with Crippen molar-refractivity contribution in [2.75, 3.05) is 10.6 Å². The van der Waals surface area contributed by atoms with Crippen molar-refractivity contribution in [3.63, 3.8) is 0 Å². The molecule has 16 nitrogen and oxygen atoms in total. The molecule has 0 spiro atoms. The second-order valence-corrected chi connectivity index (χ2v) is 18.6. The number of Topliss-reactive ketones (excluding diaryl/α,β-unsaturated/α-hetero) is 1. The van der Waals surface area contributed by atoms with Crippen LogP contribution in [0.4, 0.5) is 20.4 Å². The average Bonchev–Trinajstić information content (AvgIpc) is 4.21. The molecule has 0 aliphatic heterocycles. The number of carbonyl (C=O) groups is 4. The summed E-state index contributed by atoms with van der Waals surface area (Å²) in [5.41, 5.74) is 9.72. The Labute approximate surface area is 398 Å². The molecule has 0 radical (unpaired) electrons. The van der Waals surface area contributed by atoms with Crippen molar-refractivity contribution >= 4 is 47.6 Å². The highest BCUT2D eigenvalue weighted by Gasteiger charge is 2.31. The van der Waals surface area contributed by atoms with Gasteiger partial charge in [-0.15, -0.1) is 12.4 Å². The fourth-order valence-electron chi connectivity index (χ4n) is 6.48. The fraction of sp³-hybridized carbons (Fsp3) is 0.388. The van der Waals surface area contributed by atoms with Crippen LogP contribution in [-0.2, 0) is 33.4 Å². The molecular weight excluding hydrogens is 900 g/mol. The van der Waals surface area contributed by atoms with Gasteiger partial charge in [0.1, 0.15) is 23.3 Å². The Morgan fingerprint density at radius 3 is 1.51 bits per heavy atom. The summed E-state index contributed by atoms with van der Waals surface area (Å²) in [6.07, 6.45) is 7.29. The van der Waals surface area contributed by atoms with Gasteiger partial charge in [-0.2, -0.15) is 9.97 Å². The third kappa shape index (κ3) is 13.4. The molecule has 4 aromatic heterocycles. The van der Waals surface area contributed by atoms with E-state index < -0.39 is 5.97 Å². The molecule has 0 unspecified atom stereocenters. The number of hydrogen-bond acceptors (Lipinski definition) is 13. The van der Waals surface area contributed by atoms with Crippen LogP contribution < -0.4 is 16.4 Å². The van der Waals surface area contributed by atoms with Crippen molar-refractivity contribution in [1.29, 1.82) is 0 Å². The van der Waals surface area contributed by atoms with Crippen molar-refractivity contribution in [2.24, 2.45) is 17.6 Å². The smallest absolute Gasteiger partial charge is 0.377 e. The lowest BCUT2D eigenvalue weighted by Gasteiger charge is -2.12. The Morgan fingerprint density at radius 2 is 1.12 bits per heavy atom. The van der Waals surface area contributed by atoms with E-state index in [0.29, 0.717) is 69.8 Å². The summed E-state index contributed by atoms with van der Waals surface area (Å²) < 4.78 is 39.7. The topological polar surface area (TPSA) is 242 Å². The molecule has 8 rings (SSSR count). The molecule has 2 amide bonds. The minimum absolute atomic E-state index is 0. The zero-order chi connectivity index (χ0) is 48.8. The number of aryl methyl sites for hydroxylation is 1. The Hall–Kier alpha value is -6.79. The highest BCUT2D eigenvalue weighted by atomic mass is 35.5. The number of nitrogens with two attached hydrogens (primary N) is 1. The molecule has 360 valence electrons. The number of carboxylic acids is 1. The van der Waals surface area contributed by atoms with Gasteiger partial charge in [-0.3, -0.25) is 14.4 Å². The van der Waals surface area contributed by atoms with Gasteiger partial charge in [-0.25, -0.2) is 23.5 Å². The number of hydrogen-bond donors (Lipinski definition) is 4. The normalized spacial score (nSPS) is 13.2. The summed E-state index contributed by atoms with van der Waals surface area (Å²) in [6.45, 7) is 15.1. The average molecular weight is 956 g/mol. The molecule has 19 heteroatoms. The van der Waals surface area contributed by atoms with Gasteiger partial charge in [0, 0.05) is 59.2 Å². The Bertz CT molecular complexity index is 2790. The van der Waals surface area contributed by atoms with Crippen LogP contribution in [0.5, 0.6) is 0 Å². The van der Waals surface area contributed by atoms with E-state index in [0.717, 1.165) is 36.8 Å². The van der Waals surface area contributed by atoms with Gasteiger partial charge in [0.25, 0.3) is 5.82 Å². The minimum Gasteiger partial charge on any atom is -0.475 e. The van der Waals surface area contributed by atoms with E-state index in [1.165, 1.54) is 0 Å². The van der Waals surface area contributed by atoms with Crippen LogP contribution in [0.15, 0.2) is 70.0 Å². The molecule has 0 saturated heterocycles. The van der Waals surface area contributed by atoms with Crippen LogP contribution in [0.25, 0.3) is 22.3 Å². The third-order valence-corrected chi connectivity index (χ3v) is 11.0. The number of carboxylic acid groups (broad SMARTS) is 1. The SMILES string of the molecule is CC(C)(C)c1nc(C(=O)O)no1.Cc1c(CCC(=O)c2noc(C(C)(C)C)n2)ccc(-c2ccnc(NC(=O)C3CC3)c2)c1F.Cc1c(CN)ccc(-c2ccnc(NC(=O)C3CC3)c2)c1F.Cl. The number of ketones is 1. The standard InChI is InChI=1S/C25H27FN4O3.C17H18FN3O.C7H10N2O3.ClH/c1-14-15(8-10-19(31)22-29-24(33-30-22)25(2,3)4)7-9-18(21(14)26)17-11-12-27-20(13-17)28-23(32)16-5-6-16;1-10-13(9-19)4-5-14(16(10)18)12-6-7-20-15(8-12)21-17(22)11-2-3-11;1-7(2,3)6-8-4(5(10)11)9-12-6;/h7,9,11-13,16H,5-6,8,10H2,1-4H3,(H,27,28,32);4-8,11H,2-3,9,19H2,1H3,(H,20,21,22);1-3H3,(H,10,11);1H. The Balaban J connectivity index is 0.000000212. The molecule has 2 fully saturated rings. The first kappa shape index (κ1) is 52.2. The Morgan fingerprint density at radius 1 is 0.691 bits per heavy atom. The van der Waals surface area contributed by atoms with E-state index in [1.54, 1.807) is 62.6 Å². The van der Waals surface area contributed by atoms with Gasteiger partial charge in [0.15, 0.2) is 0 Å². The lowest BCUT2D eigenvalue weighted by Crippen LogP contribution is -2.14. The van der Waals surface area contributed by atoms with Gasteiger partial charge in [0.05, 0.1) is 0 Å². The van der Waals surface area contributed by atoms with Crippen molar-refractivity contribution in [1.82, 2.24) is 30.2 Å². The van der Waals surface area contributed by atoms with Crippen LogP contribution in [-0.4, -0.2) is 58.9 Å². The van der Waals surface area contributed by atoms with Crippen molar-refractivity contribution in [2.45, 2.75) is 111 Å². The summed E-state index contributed by atoms with van der Waals surface area (Å²) in [5.74, 6) is -0.606. The van der Waals surface area contributed by atoms with Crippen LogP contribution in [0.1, 0.15) is 129 Å². The minimum atomic E-state index is -1.17. The van der Waals surface area contributed by atoms with Gasteiger partial charge in [-0.1, -0.05) is 71.0 Å². The summed E-state index contributed by atoms with van der Waals surface area (Å²) in [5, 5.41) is 21.1. The summed E-state index contributed by atoms with van der Waals surface area (Å²) in [6, 6.07) is 13.9. The van der Waals surface area contributed by atoms with Crippen molar-refractivity contribution < 1.29 is 42.1 Å². The molecular formula is C49H56ClF2N9O7.